The van der Waals surface area contributed by atoms with Crippen LogP contribution in [0.4, 0.5) is 0 Å². The number of aliphatic hydroxyl groups is 1. The van der Waals surface area contributed by atoms with E-state index in [1.54, 1.807) is 0 Å². The van der Waals surface area contributed by atoms with Crippen molar-refractivity contribution in [2.24, 2.45) is 5.73 Å². The van der Waals surface area contributed by atoms with E-state index in [0.717, 1.165) is 10.5 Å². The molecule has 0 heterocycles. The molecule has 0 bridgehead atoms. The van der Waals surface area contributed by atoms with Crippen molar-refractivity contribution in [3.05, 3.63) is 29.8 Å². The van der Waals surface area contributed by atoms with Crippen LogP contribution in [-0.2, 0) is 11.4 Å². The van der Waals surface area contributed by atoms with Crippen LogP contribution < -0.4 is 5.73 Å². The molecule has 0 fully saturated rings. The van der Waals surface area contributed by atoms with Crippen LogP contribution in [0.2, 0.25) is 0 Å². The van der Waals surface area contributed by atoms with Crippen molar-refractivity contribution in [2.45, 2.75) is 30.1 Å². The smallest absolute Gasteiger partial charge is 0.230 e. The summed E-state index contributed by atoms with van der Waals surface area (Å²) in [6, 6.07) is 7.49. The summed E-state index contributed by atoms with van der Waals surface area (Å²) < 4.78 is 0. The third-order valence-corrected chi connectivity index (χ3v) is 3.42. The number of carbonyl (C=O) groups is 1. The van der Waals surface area contributed by atoms with Gasteiger partial charge in [-0.2, -0.15) is 0 Å². The summed E-state index contributed by atoms with van der Waals surface area (Å²) in [4.78, 5) is 12.0. The third-order valence-electron chi connectivity index (χ3n) is 2.05. The maximum absolute atomic E-state index is 11.0. The standard InChI is InChI=1S/C11H15NO2S/c1-2-10(11(12)14)15-9-5-3-4-8(6-9)7-13/h3-6,10,13H,2,7H2,1H3,(H2,12,14). The molecule has 1 rings (SSSR count). The van der Waals surface area contributed by atoms with Crippen molar-refractivity contribution in [3.8, 4) is 0 Å². The number of hydrogen-bond donors (Lipinski definition) is 2. The summed E-state index contributed by atoms with van der Waals surface area (Å²) in [5.41, 5.74) is 6.10. The number of hydrogen-bond acceptors (Lipinski definition) is 3. The fraction of sp³-hybridized carbons (Fsp3) is 0.364. The molecule has 4 heteroatoms. The highest BCUT2D eigenvalue weighted by Crippen LogP contribution is 2.25. The molecule has 0 aliphatic heterocycles. The van der Waals surface area contributed by atoms with Gasteiger partial charge in [-0.3, -0.25) is 4.79 Å². The number of primary amides is 1. The van der Waals surface area contributed by atoms with Gasteiger partial charge in [-0.05, 0) is 24.1 Å². The highest BCUT2D eigenvalue weighted by atomic mass is 32.2. The van der Waals surface area contributed by atoms with E-state index in [1.807, 2.05) is 31.2 Å². The minimum Gasteiger partial charge on any atom is -0.392 e. The Bertz CT molecular complexity index is 341. The SMILES string of the molecule is CCC(Sc1cccc(CO)c1)C(N)=O. The van der Waals surface area contributed by atoms with Gasteiger partial charge >= 0.3 is 0 Å². The minimum atomic E-state index is -0.295. The lowest BCUT2D eigenvalue weighted by Gasteiger charge is -2.10. The number of thioether (sulfide) groups is 1. The molecular formula is C11H15NO2S. The van der Waals surface area contributed by atoms with Crippen molar-refractivity contribution in [2.75, 3.05) is 0 Å². The minimum absolute atomic E-state index is 0.0156. The second-order valence-corrected chi connectivity index (χ2v) is 4.50. The van der Waals surface area contributed by atoms with Crippen molar-refractivity contribution in [1.82, 2.24) is 0 Å². The van der Waals surface area contributed by atoms with E-state index in [9.17, 15) is 4.79 Å². The van der Waals surface area contributed by atoms with E-state index in [-0.39, 0.29) is 17.8 Å². The molecular weight excluding hydrogens is 210 g/mol. The first-order valence-corrected chi connectivity index (χ1v) is 5.71. The van der Waals surface area contributed by atoms with Crippen LogP contribution in [0.1, 0.15) is 18.9 Å². The predicted octanol–water partition coefficient (Wildman–Crippen LogP) is 1.53. The molecule has 0 aliphatic carbocycles. The molecule has 0 aromatic heterocycles. The van der Waals surface area contributed by atoms with E-state index in [1.165, 1.54) is 11.8 Å². The van der Waals surface area contributed by atoms with E-state index in [0.29, 0.717) is 6.42 Å². The largest absolute Gasteiger partial charge is 0.392 e. The summed E-state index contributed by atoms with van der Waals surface area (Å²) in [6.45, 7) is 1.94. The van der Waals surface area contributed by atoms with Crippen LogP contribution >= 0.6 is 11.8 Å². The van der Waals surface area contributed by atoms with Gasteiger partial charge < -0.3 is 10.8 Å². The van der Waals surface area contributed by atoms with Crippen LogP contribution in [0.5, 0.6) is 0 Å². The van der Waals surface area contributed by atoms with Gasteiger partial charge in [0.1, 0.15) is 0 Å². The lowest BCUT2D eigenvalue weighted by atomic mass is 10.2. The average Bonchev–Trinajstić information content (AvgIpc) is 2.25. The molecule has 0 spiro atoms. The van der Waals surface area contributed by atoms with Crippen LogP contribution in [0, 0.1) is 0 Å². The van der Waals surface area contributed by atoms with Gasteiger partial charge in [-0.15, -0.1) is 11.8 Å². The van der Waals surface area contributed by atoms with Crippen LogP contribution in [0.25, 0.3) is 0 Å². The predicted molar refractivity (Wildman–Crippen MR) is 61.5 cm³/mol. The molecule has 0 radical (unpaired) electrons. The maximum atomic E-state index is 11.0. The number of carbonyl (C=O) groups excluding carboxylic acids is 1. The second kappa shape index (κ2) is 5.78. The molecule has 1 unspecified atom stereocenters. The zero-order chi connectivity index (χ0) is 11.3. The zero-order valence-corrected chi connectivity index (χ0v) is 9.46. The van der Waals surface area contributed by atoms with Crippen molar-refractivity contribution in [1.29, 1.82) is 0 Å². The number of rotatable bonds is 5. The molecule has 0 saturated carbocycles. The van der Waals surface area contributed by atoms with Gasteiger partial charge in [0.2, 0.25) is 5.91 Å². The molecule has 1 atom stereocenters. The average molecular weight is 225 g/mol. The number of benzene rings is 1. The van der Waals surface area contributed by atoms with Gasteiger partial charge in [0.15, 0.2) is 0 Å². The zero-order valence-electron chi connectivity index (χ0n) is 8.64. The molecule has 3 N–H and O–H groups in total. The Morgan fingerprint density at radius 1 is 1.60 bits per heavy atom. The molecule has 0 saturated heterocycles. The highest BCUT2D eigenvalue weighted by molar-refractivity contribution is 8.00. The Balaban J connectivity index is 2.74. The molecule has 82 valence electrons. The van der Waals surface area contributed by atoms with E-state index < -0.39 is 0 Å². The number of nitrogens with two attached hydrogens (primary N) is 1. The Labute approximate surface area is 93.7 Å². The van der Waals surface area contributed by atoms with E-state index in [4.69, 9.17) is 10.8 Å². The van der Waals surface area contributed by atoms with Gasteiger partial charge in [0.25, 0.3) is 0 Å². The van der Waals surface area contributed by atoms with Crippen molar-refractivity contribution < 1.29 is 9.90 Å². The fourth-order valence-corrected chi connectivity index (χ4v) is 2.21. The monoisotopic (exact) mass is 225 g/mol. The number of aliphatic hydroxyl groups excluding tert-OH is 1. The Hall–Kier alpha value is -1.00. The van der Waals surface area contributed by atoms with Gasteiger partial charge in [0, 0.05) is 4.90 Å². The van der Waals surface area contributed by atoms with Crippen molar-refractivity contribution in [3.63, 3.8) is 0 Å². The molecule has 0 aliphatic rings. The number of amides is 1. The van der Waals surface area contributed by atoms with E-state index in [2.05, 4.69) is 0 Å². The first kappa shape index (κ1) is 12.1. The van der Waals surface area contributed by atoms with Crippen LogP contribution in [-0.4, -0.2) is 16.3 Å². The first-order chi connectivity index (χ1) is 7.17. The summed E-state index contributed by atoms with van der Waals surface area (Å²) in [7, 11) is 0. The Kier molecular flexibility index (Phi) is 4.65. The lowest BCUT2D eigenvalue weighted by Crippen LogP contribution is -2.24. The molecule has 1 aromatic carbocycles. The highest BCUT2D eigenvalue weighted by Gasteiger charge is 2.14. The van der Waals surface area contributed by atoms with Gasteiger partial charge in [0.05, 0.1) is 11.9 Å². The van der Waals surface area contributed by atoms with Crippen LogP contribution in [0.3, 0.4) is 0 Å². The molecule has 15 heavy (non-hydrogen) atoms. The topological polar surface area (TPSA) is 63.3 Å². The van der Waals surface area contributed by atoms with Crippen molar-refractivity contribution >= 4 is 17.7 Å². The maximum Gasteiger partial charge on any atom is 0.230 e. The quantitative estimate of drug-likeness (QED) is 0.747. The lowest BCUT2D eigenvalue weighted by molar-refractivity contribution is -0.117. The Morgan fingerprint density at radius 3 is 2.87 bits per heavy atom. The Morgan fingerprint density at radius 2 is 2.33 bits per heavy atom. The second-order valence-electron chi connectivity index (χ2n) is 3.22. The summed E-state index contributed by atoms with van der Waals surface area (Å²) in [5, 5.41) is 8.77. The molecule has 1 aromatic rings. The summed E-state index contributed by atoms with van der Waals surface area (Å²) in [5.74, 6) is -0.295. The summed E-state index contributed by atoms with van der Waals surface area (Å²) >= 11 is 1.44. The fourth-order valence-electron chi connectivity index (χ4n) is 1.22. The third kappa shape index (κ3) is 3.57. The summed E-state index contributed by atoms with van der Waals surface area (Å²) in [6.07, 6.45) is 0.712. The normalized spacial score (nSPS) is 12.4. The van der Waals surface area contributed by atoms with Gasteiger partial charge in [-0.25, -0.2) is 0 Å². The first-order valence-electron chi connectivity index (χ1n) is 4.83. The van der Waals surface area contributed by atoms with Gasteiger partial charge in [-0.1, -0.05) is 19.1 Å². The van der Waals surface area contributed by atoms with Crippen LogP contribution in [0.15, 0.2) is 29.2 Å². The molecule has 1 amide bonds. The van der Waals surface area contributed by atoms with E-state index >= 15 is 0 Å². The molecule has 3 nitrogen and oxygen atoms in total.